The van der Waals surface area contributed by atoms with Crippen molar-refractivity contribution in [1.82, 2.24) is 4.57 Å². The minimum Gasteiger partial charge on any atom is -0.370 e. The van der Waals surface area contributed by atoms with E-state index in [1.165, 1.54) is 30.4 Å². The standard InChI is InChI=1S/C16H20N4.HI/c1-20-8-7-12(11-20)10-18-16(17)19-15-6-5-13-3-2-4-14(13)9-15;/h5-9,11H,2-4,10H2,1H3,(H3,17,18,19);1H. The van der Waals surface area contributed by atoms with Crippen molar-refractivity contribution >= 4 is 35.6 Å². The molecule has 3 N–H and O–H groups in total. The molecule has 21 heavy (non-hydrogen) atoms. The van der Waals surface area contributed by atoms with Gasteiger partial charge in [0.1, 0.15) is 0 Å². The van der Waals surface area contributed by atoms with E-state index < -0.39 is 0 Å². The van der Waals surface area contributed by atoms with E-state index >= 15 is 0 Å². The highest BCUT2D eigenvalue weighted by Gasteiger charge is 2.10. The fourth-order valence-corrected chi connectivity index (χ4v) is 2.67. The van der Waals surface area contributed by atoms with Gasteiger partial charge in [-0.2, -0.15) is 0 Å². The number of nitrogens with zero attached hydrogens (tertiary/aromatic N) is 2. The van der Waals surface area contributed by atoms with Gasteiger partial charge in [0.15, 0.2) is 5.96 Å². The second kappa shape index (κ2) is 6.98. The molecule has 0 fully saturated rings. The molecule has 0 atom stereocenters. The van der Waals surface area contributed by atoms with Gasteiger partial charge in [-0.3, -0.25) is 0 Å². The fraction of sp³-hybridized carbons (Fsp3) is 0.312. The number of nitrogens with two attached hydrogens (primary N) is 1. The van der Waals surface area contributed by atoms with Crippen LogP contribution in [0.3, 0.4) is 0 Å². The number of guanidine groups is 1. The first-order valence-corrected chi connectivity index (χ1v) is 7.00. The predicted molar refractivity (Wildman–Crippen MR) is 98.2 cm³/mol. The van der Waals surface area contributed by atoms with Crippen molar-refractivity contribution in [2.45, 2.75) is 25.8 Å². The van der Waals surface area contributed by atoms with E-state index in [-0.39, 0.29) is 24.0 Å². The van der Waals surface area contributed by atoms with Gasteiger partial charge in [0, 0.05) is 25.1 Å². The van der Waals surface area contributed by atoms with E-state index in [2.05, 4.69) is 28.5 Å². The van der Waals surface area contributed by atoms with Gasteiger partial charge in [0.05, 0.1) is 6.54 Å². The molecule has 112 valence electrons. The first kappa shape index (κ1) is 15.9. The third-order valence-electron chi connectivity index (χ3n) is 3.70. The Morgan fingerprint density at radius 3 is 2.86 bits per heavy atom. The van der Waals surface area contributed by atoms with Crippen LogP contribution >= 0.6 is 24.0 Å². The number of nitrogens with one attached hydrogen (secondary N) is 1. The Bertz CT molecular complexity index is 645. The summed E-state index contributed by atoms with van der Waals surface area (Å²) in [7, 11) is 2.00. The Labute approximate surface area is 142 Å². The number of aromatic nitrogens is 1. The van der Waals surface area contributed by atoms with Gasteiger partial charge in [0.2, 0.25) is 0 Å². The highest BCUT2D eigenvalue weighted by molar-refractivity contribution is 14.0. The molecule has 1 aromatic carbocycles. The molecule has 0 saturated carbocycles. The molecule has 1 aliphatic rings. The predicted octanol–water partition coefficient (Wildman–Crippen LogP) is 3.06. The van der Waals surface area contributed by atoms with E-state index in [0.717, 1.165) is 11.3 Å². The Morgan fingerprint density at radius 1 is 1.29 bits per heavy atom. The molecule has 1 aliphatic carbocycles. The van der Waals surface area contributed by atoms with Crippen LogP contribution < -0.4 is 11.1 Å². The van der Waals surface area contributed by atoms with Crippen LogP contribution in [0.15, 0.2) is 41.7 Å². The quantitative estimate of drug-likeness (QED) is 0.476. The highest BCUT2D eigenvalue weighted by atomic mass is 127. The number of benzene rings is 1. The molecular weight excluding hydrogens is 375 g/mol. The maximum atomic E-state index is 5.94. The molecule has 0 amide bonds. The van der Waals surface area contributed by atoms with Crippen LogP contribution in [-0.4, -0.2) is 10.5 Å². The summed E-state index contributed by atoms with van der Waals surface area (Å²) in [6.45, 7) is 0.602. The van der Waals surface area contributed by atoms with Crippen LogP contribution in [-0.2, 0) is 26.4 Å². The van der Waals surface area contributed by atoms with Crippen LogP contribution in [0.1, 0.15) is 23.1 Å². The maximum Gasteiger partial charge on any atom is 0.193 e. The summed E-state index contributed by atoms with van der Waals surface area (Å²) >= 11 is 0. The van der Waals surface area contributed by atoms with Crippen molar-refractivity contribution in [3.63, 3.8) is 0 Å². The lowest BCUT2D eigenvalue weighted by Gasteiger charge is -2.07. The second-order valence-electron chi connectivity index (χ2n) is 5.35. The molecular formula is C16H21IN4. The van der Waals surface area contributed by atoms with Crippen molar-refractivity contribution in [3.05, 3.63) is 53.3 Å². The Balaban J connectivity index is 0.00000161. The molecule has 0 spiro atoms. The topological polar surface area (TPSA) is 55.3 Å². The monoisotopic (exact) mass is 396 g/mol. The Kier molecular flexibility index (Phi) is 5.27. The Hall–Kier alpha value is -1.50. The van der Waals surface area contributed by atoms with Crippen molar-refractivity contribution in [2.75, 3.05) is 5.32 Å². The normalized spacial score (nSPS) is 13.7. The van der Waals surface area contributed by atoms with Gasteiger partial charge in [-0.25, -0.2) is 4.99 Å². The van der Waals surface area contributed by atoms with Crippen LogP contribution in [0, 0.1) is 0 Å². The zero-order valence-corrected chi connectivity index (χ0v) is 14.5. The summed E-state index contributed by atoms with van der Waals surface area (Å²) < 4.78 is 2.01. The number of aliphatic imine (C=N–C) groups is 1. The number of aryl methyl sites for hydroxylation is 3. The summed E-state index contributed by atoms with van der Waals surface area (Å²) in [4.78, 5) is 4.37. The molecule has 4 nitrogen and oxygen atoms in total. The van der Waals surface area contributed by atoms with E-state index in [9.17, 15) is 0 Å². The molecule has 1 aromatic heterocycles. The smallest absolute Gasteiger partial charge is 0.193 e. The number of anilines is 1. The number of fused-ring (bicyclic) bond motifs is 1. The van der Waals surface area contributed by atoms with Gasteiger partial charge in [-0.1, -0.05) is 6.07 Å². The maximum absolute atomic E-state index is 5.94. The SMILES string of the molecule is Cn1ccc(CN=C(N)Nc2ccc3c(c2)CCC3)c1.I. The van der Waals surface area contributed by atoms with Gasteiger partial charge in [-0.15, -0.1) is 24.0 Å². The largest absolute Gasteiger partial charge is 0.370 e. The minimum atomic E-state index is 0. The summed E-state index contributed by atoms with van der Waals surface area (Å²) in [6, 6.07) is 8.50. The Morgan fingerprint density at radius 2 is 2.10 bits per heavy atom. The minimum absolute atomic E-state index is 0. The summed E-state index contributed by atoms with van der Waals surface area (Å²) in [5.74, 6) is 0.465. The molecule has 1 heterocycles. The van der Waals surface area contributed by atoms with E-state index in [4.69, 9.17) is 5.73 Å². The number of rotatable bonds is 3. The molecule has 5 heteroatoms. The lowest BCUT2D eigenvalue weighted by Crippen LogP contribution is -2.22. The highest BCUT2D eigenvalue weighted by Crippen LogP contribution is 2.24. The first-order valence-electron chi connectivity index (χ1n) is 7.00. The number of halogens is 1. The molecule has 0 bridgehead atoms. The van der Waals surface area contributed by atoms with E-state index in [1.54, 1.807) is 0 Å². The second-order valence-corrected chi connectivity index (χ2v) is 5.35. The van der Waals surface area contributed by atoms with Gasteiger partial charge in [-0.05, 0) is 54.2 Å². The van der Waals surface area contributed by atoms with Crippen LogP contribution in [0.2, 0.25) is 0 Å². The molecule has 2 aromatic rings. The fourth-order valence-electron chi connectivity index (χ4n) is 2.67. The summed E-state index contributed by atoms with van der Waals surface area (Å²) in [5.41, 5.74) is 11.0. The lowest BCUT2D eigenvalue weighted by molar-refractivity contribution is 0.912. The van der Waals surface area contributed by atoms with E-state index in [0.29, 0.717) is 12.5 Å². The third-order valence-corrected chi connectivity index (χ3v) is 3.70. The van der Waals surface area contributed by atoms with Crippen molar-refractivity contribution < 1.29 is 0 Å². The zero-order valence-electron chi connectivity index (χ0n) is 12.2. The van der Waals surface area contributed by atoms with Crippen LogP contribution in [0.25, 0.3) is 0 Å². The van der Waals surface area contributed by atoms with Gasteiger partial charge in [0.25, 0.3) is 0 Å². The molecule has 0 radical (unpaired) electrons. The average molecular weight is 396 g/mol. The third kappa shape index (κ3) is 4.00. The molecule has 0 aliphatic heterocycles. The lowest BCUT2D eigenvalue weighted by atomic mass is 10.1. The molecule has 0 saturated heterocycles. The summed E-state index contributed by atoms with van der Waals surface area (Å²) in [5, 5.41) is 3.17. The van der Waals surface area contributed by atoms with E-state index in [1.807, 2.05) is 30.1 Å². The van der Waals surface area contributed by atoms with Crippen molar-refractivity contribution in [3.8, 4) is 0 Å². The summed E-state index contributed by atoms with van der Waals surface area (Å²) in [6.07, 6.45) is 7.69. The van der Waals surface area contributed by atoms with Crippen LogP contribution in [0.4, 0.5) is 5.69 Å². The van der Waals surface area contributed by atoms with Gasteiger partial charge < -0.3 is 15.6 Å². The number of hydrogen-bond acceptors (Lipinski definition) is 1. The average Bonchev–Trinajstić information content (AvgIpc) is 3.04. The van der Waals surface area contributed by atoms with Crippen molar-refractivity contribution in [1.29, 1.82) is 0 Å². The van der Waals surface area contributed by atoms with Gasteiger partial charge >= 0.3 is 0 Å². The molecule has 0 unspecified atom stereocenters. The van der Waals surface area contributed by atoms with Crippen LogP contribution in [0.5, 0.6) is 0 Å². The zero-order chi connectivity index (χ0) is 13.9. The number of hydrogen-bond donors (Lipinski definition) is 2. The molecule has 3 rings (SSSR count). The first-order chi connectivity index (χ1) is 9.70. The van der Waals surface area contributed by atoms with Crippen molar-refractivity contribution in [2.24, 2.45) is 17.8 Å².